The van der Waals surface area contributed by atoms with Gasteiger partial charge in [0.1, 0.15) is 24.3 Å². The number of hydrogen-bond acceptors (Lipinski definition) is 6. The summed E-state index contributed by atoms with van der Waals surface area (Å²) in [5, 5.41) is 11.1. The highest BCUT2D eigenvalue weighted by Crippen LogP contribution is 2.19. The zero-order chi connectivity index (χ0) is 13.7. The molecule has 19 heavy (non-hydrogen) atoms. The number of aromatic nitrogens is 5. The van der Waals surface area contributed by atoms with Crippen molar-refractivity contribution >= 4 is 5.82 Å². The Morgan fingerprint density at radius 2 is 2.21 bits per heavy atom. The molecule has 0 spiro atoms. The highest BCUT2D eigenvalue weighted by atomic mass is 16.5. The van der Waals surface area contributed by atoms with E-state index in [1.54, 1.807) is 6.33 Å². The van der Waals surface area contributed by atoms with Gasteiger partial charge in [-0.1, -0.05) is 0 Å². The van der Waals surface area contributed by atoms with Crippen molar-refractivity contribution in [2.45, 2.75) is 20.3 Å². The van der Waals surface area contributed by atoms with Crippen molar-refractivity contribution in [2.75, 3.05) is 18.5 Å². The van der Waals surface area contributed by atoms with Gasteiger partial charge in [-0.15, -0.1) is 10.2 Å². The number of ether oxygens (including phenoxy) is 1. The summed E-state index contributed by atoms with van der Waals surface area (Å²) >= 11 is 0. The lowest BCUT2D eigenvalue weighted by atomic mass is 10.3. The summed E-state index contributed by atoms with van der Waals surface area (Å²) in [6.07, 6.45) is 3.98. The molecule has 2 heterocycles. The Balaban J connectivity index is 1.96. The molecular formula is C12H18N6O. The van der Waals surface area contributed by atoms with E-state index in [9.17, 15) is 0 Å². The number of rotatable bonds is 6. The Bertz CT molecular complexity index is 539. The minimum Gasteiger partial charge on any atom is -0.478 e. The van der Waals surface area contributed by atoms with Crippen molar-refractivity contribution in [2.24, 2.45) is 7.05 Å². The van der Waals surface area contributed by atoms with Gasteiger partial charge >= 0.3 is 0 Å². The van der Waals surface area contributed by atoms with Crippen LogP contribution in [0.1, 0.15) is 18.3 Å². The Morgan fingerprint density at radius 3 is 2.89 bits per heavy atom. The van der Waals surface area contributed by atoms with Crippen molar-refractivity contribution in [1.29, 1.82) is 0 Å². The third-order valence-corrected chi connectivity index (χ3v) is 2.77. The van der Waals surface area contributed by atoms with Gasteiger partial charge in [-0.05, 0) is 13.8 Å². The zero-order valence-electron chi connectivity index (χ0n) is 11.4. The Hall–Kier alpha value is -2.18. The van der Waals surface area contributed by atoms with E-state index in [0.717, 1.165) is 30.2 Å². The van der Waals surface area contributed by atoms with Crippen molar-refractivity contribution in [3.63, 3.8) is 0 Å². The fourth-order valence-corrected chi connectivity index (χ4v) is 1.72. The Labute approximate surface area is 112 Å². The van der Waals surface area contributed by atoms with Gasteiger partial charge in [-0.25, -0.2) is 9.97 Å². The lowest BCUT2D eigenvalue weighted by Crippen LogP contribution is -2.11. The molecule has 0 aliphatic heterocycles. The van der Waals surface area contributed by atoms with Gasteiger partial charge in [-0.2, -0.15) is 0 Å². The van der Waals surface area contributed by atoms with E-state index in [1.165, 1.54) is 6.33 Å². The molecule has 0 aromatic carbocycles. The van der Waals surface area contributed by atoms with Crippen LogP contribution in [-0.2, 0) is 13.5 Å². The van der Waals surface area contributed by atoms with E-state index in [4.69, 9.17) is 4.74 Å². The second-order valence-electron chi connectivity index (χ2n) is 4.12. The molecule has 0 unspecified atom stereocenters. The molecule has 7 heteroatoms. The lowest BCUT2D eigenvalue weighted by Gasteiger charge is -2.11. The van der Waals surface area contributed by atoms with E-state index in [-0.39, 0.29) is 0 Å². The Kier molecular flexibility index (Phi) is 4.27. The monoisotopic (exact) mass is 262 g/mol. The minimum absolute atomic E-state index is 0.593. The average molecular weight is 262 g/mol. The number of anilines is 1. The van der Waals surface area contributed by atoms with Crippen LogP contribution in [0.15, 0.2) is 12.7 Å². The molecule has 0 bridgehead atoms. The van der Waals surface area contributed by atoms with E-state index in [2.05, 4.69) is 25.5 Å². The van der Waals surface area contributed by atoms with E-state index in [0.29, 0.717) is 12.5 Å². The van der Waals surface area contributed by atoms with Crippen LogP contribution in [0.25, 0.3) is 0 Å². The summed E-state index contributed by atoms with van der Waals surface area (Å²) in [5.74, 6) is 2.35. The minimum atomic E-state index is 0.593. The highest BCUT2D eigenvalue weighted by Gasteiger charge is 2.07. The third-order valence-electron chi connectivity index (χ3n) is 2.77. The van der Waals surface area contributed by atoms with E-state index >= 15 is 0 Å². The van der Waals surface area contributed by atoms with E-state index in [1.807, 2.05) is 25.5 Å². The standard InChI is InChI=1S/C12H18N6O/c1-4-19-12-9(2)11(14-7-15-12)13-6-5-10-17-16-8-18(10)3/h7-8H,4-6H2,1-3H3,(H,13,14,15). The molecule has 2 aromatic heterocycles. The summed E-state index contributed by atoms with van der Waals surface area (Å²) in [6, 6.07) is 0. The molecule has 2 aromatic rings. The van der Waals surface area contributed by atoms with Gasteiger partial charge in [0.05, 0.1) is 12.2 Å². The summed E-state index contributed by atoms with van der Waals surface area (Å²) in [7, 11) is 1.93. The molecule has 1 N–H and O–H groups in total. The van der Waals surface area contributed by atoms with Gasteiger partial charge in [0, 0.05) is 20.0 Å². The molecule has 0 amide bonds. The predicted octanol–water partition coefficient (Wildman–Crippen LogP) is 0.967. The van der Waals surface area contributed by atoms with Gasteiger partial charge in [-0.3, -0.25) is 0 Å². The number of nitrogens with zero attached hydrogens (tertiary/aromatic N) is 5. The number of hydrogen-bond donors (Lipinski definition) is 1. The summed E-state index contributed by atoms with van der Waals surface area (Å²) in [6.45, 7) is 5.20. The van der Waals surface area contributed by atoms with Crippen LogP contribution in [0.3, 0.4) is 0 Å². The van der Waals surface area contributed by atoms with Crippen LogP contribution in [0.4, 0.5) is 5.82 Å². The first-order valence-corrected chi connectivity index (χ1v) is 6.23. The largest absolute Gasteiger partial charge is 0.478 e. The first-order chi connectivity index (χ1) is 9.22. The van der Waals surface area contributed by atoms with Crippen molar-refractivity contribution in [3.05, 3.63) is 24.0 Å². The van der Waals surface area contributed by atoms with Crippen LogP contribution in [0.5, 0.6) is 5.88 Å². The average Bonchev–Trinajstić information content (AvgIpc) is 2.80. The first kappa shape index (κ1) is 13.3. The quantitative estimate of drug-likeness (QED) is 0.835. The van der Waals surface area contributed by atoms with E-state index < -0.39 is 0 Å². The molecule has 0 aliphatic rings. The van der Waals surface area contributed by atoms with Crippen LogP contribution in [0.2, 0.25) is 0 Å². The first-order valence-electron chi connectivity index (χ1n) is 6.23. The molecular weight excluding hydrogens is 244 g/mol. The van der Waals surface area contributed by atoms with Crippen LogP contribution >= 0.6 is 0 Å². The van der Waals surface area contributed by atoms with Gasteiger partial charge < -0.3 is 14.6 Å². The summed E-state index contributed by atoms with van der Waals surface area (Å²) in [4.78, 5) is 8.32. The molecule has 0 radical (unpaired) electrons. The lowest BCUT2D eigenvalue weighted by molar-refractivity contribution is 0.324. The molecule has 2 rings (SSSR count). The second kappa shape index (κ2) is 6.12. The van der Waals surface area contributed by atoms with Crippen LogP contribution in [0, 0.1) is 6.92 Å². The molecule has 0 atom stereocenters. The van der Waals surface area contributed by atoms with Crippen molar-refractivity contribution < 1.29 is 4.74 Å². The highest BCUT2D eigenvalue weighted by molar-refractivity contribution is 5.47. The number of nitrogens with one attached hydrogen (secondary N) is 1. The van der Waals surface area contributed by atoms with Gasteiger partial charge in [0.15, 0.2) is 0 Å². The number of aryl methyl sites for hydroxylation is 1. The predicted molar refractivity (Wildman–Crippen MR) is 71.1 cm³/mol. The van der Waals surface area contributed by atoms with Crippen LogP contribution in [-0.4, -0.2) is 37.9 Å². The molecule has 7 nitrogen and oxygen atoms in total. The van der Waals surface area contributed by atoms with Crippen molar-refractivity contribution in [3.8, 4) is 5.88 Å². The molecule has 0 aliphatic carbocycles. The fourth-order valence-electron chi connectivity index (χ4n) is 1.72. The smallest absolute Gasteiger partial charge is 0.221 e. The van der Waals surface area contributed by atoms with Gasteiger partial charge in [0.25, 0.3) is 0 Å². The molecule has 102 valence electrons. The normalized spacial score (nSPS) is 10.5. The topological polar surface area (TPSA) is 77.8 Å². The molecule has 0 fully saturated rings. The summed E-state index contributed by atoms with van der Waals surface area (Å²) < 4.78 is 7.33. The van der Waals surface area contributed by atoms with Gasteiger partial charge in [0.2, 0.25) is 5.88 Å². The maximum Gasteiger partial charge on any atom is 0.221 e. The fraction of sp³-hybridized carbons (Fsp3) is 0.500. The third kappa shape index (κ3) is 3.18. The molecule has 0 saturated carbocycles. The maximum atomic E-state index is 5.43. The zero-order valence-corrected chi connectivity index (χ0v) is 11.4. The SMILES string of the molecule is CCOc1ncnc(NCCc2nncn2C)c1C. The molecule has 0 saturated heterocycles. The second-order valence-corrected chi connectivity index (χ2v) is 4.12. The maximum absolute atomic E-state index is 5.43. The summed E-state index contributed by atoms with van der Waals surface area (Å²) in [5.41, 5.74) is 0.919. The van der Waals surface area contributed by atoms with Crippen LogP contribution < -0.4 is 10.1 Å². The van der Waals surface area contributed by atoms with Crippen molar-refractivity contribution in [1.82, 2.24) is 24.7 Å². The Morgan fingerprint density at radius 1 is 1.37 bits per heavy atom.